The number of hydrogen-bond donors (Lipinski definition) is 1. The lowest BCUT2D eigenvalue weighted by Crippen LogP contribution is -2.64. The van der Waals surface area contributed by atoms with Gasteiger partial charge in [-0.25, -0.2) is 9.78 Å². The quantitative estimate of drug-likeness (QED) is 0.0867. The monoisotopic (exact) mass is 878 g/mol. The Bertz CT molecular complexity index is 1160. The number of ether oxygens (including phenoxy) is 19. The zero-order chi connectivity index (χ0) is 43.9. The lowest BCUT2D eigenvalue weighted by atomic mass is 9.96. The van der Waals surface area contributed by atoms with Crippen LogP contribution in [0.25, 0.3) is 0 Å². The average Bonchev–Trinajstić information content (AvgIpc) is 3.28. The van der Waals surface area contributed by atoms with Crippen LogP contribution in [0.2, 0.25) is 0 Å². The van der Waals surface area contributed by atoms with Crippen molar-refractivity contribution in [1.82, 2.24) is 0 Å². The lowest BCUT2D eigenvalue weighted by Gasteiger charge is -2.47. The standard InChI is InChI=1S/C38H70O22/c1-40-23-19(14-15-39)56-36(32(49-10)27(23)44-5)53-17-21-25(42-3)30(47-8)34(51-12)38(59-21)60-55-18-22-26(43-4)29(46-7)33(50-11)37(58-22)54-16-20-24(41-2)28(45-6)31(48-9)35(52-13)57-20/h19-39H,14-18H2,1-13H3/t19?,20-,21-,22-,23-,24-,25-,26-,27-,28-,29-,30-,31?,32?,33?,34?,35-,36-,37-,38+/m1/s1. The number of aliphatic hydroxyl groups excluding tert-OH is 1. The van der Waals surface area contributed by atoms with E-state index in [1.807, 2.05) is 0 Å². The molecule has 4 rings (SSSR count). The average molecular weight is 879 g/mol. The molecular weight excluding hydrogens is 808 g/mol. The molecule has 354 valence electrons. The fourth-order valence-corrected chi connectivity index (χ4v) is 8.57. The minimum atomic E-state index is -1.15. The molecule has 4 saturated heterocycles. The van der Waals surface area contributed by atoms with Gasteiger partial charge < -0.3 is 95.1 Å². The van der Waals surface area contributed by atoms with E-state index in [1.54, 1.807) is 35.5 Å². The Morgan fingerprint density at radius 3 is 0.983 bits per heavy atom. The van der Waals surface area contributed by atoms with Crippen molar-refractivity contribution >= 4 is 0 Å². The normalized spacial score (nSPS) is 42.7. The van der Waals surface area contributed by atoms with Gasteiger partial charge in [-0.15, -0.1) is 0 Å². The summed E-state index contributed by atoms with van der Waals surface area (Å²) in [6.07, 6.45) is -14.0. The third kappa shape index (κ3) is 11.7. The van der Waals surface area contributed by atoms with Gasteiger partial charge in [0.15, 0.2) is 18.9 Å². The van der Waals surface area contributed by atoms with Gasteiger partial charge in [0.25, 0.3) is 0 Å². The minimum absolute atomic E-state index is 0.0104. The highest BCUT2D eigenvalue weighted by Gasteiger charge is 2.53. The molecular formula is C38H70O22. The smallest absolute Gasteiger partial charge is 0.220 e. The largest absolute Gasteiger partial charge is 0.396 e. The Balaban J connectivity index is 1.47. The fourth-order valence-electron chi connectivity index (χ4n) is 8.57. The number of hydrogen-bond acceptors (Lipinski definition) is 22. The molecule has 0 aliphatic carbocycles. The summed E-state index contributed by atoms with van der Waals surface area (Å²) in [5.74, 6) is 0. The van der Waals surface area contributed by atoms with Crippen molar-refractivity contribution in [2.75, 3.05) is 119 Å². The molecule has 1 N–H and O–H groups in total. The third-order valence-corrected chi connectivity index (χ3v) is 11.5. The molecule has 0 amide bonds. The molecule has 60 heavy (non-hydrogen) atoms. The Morgan fingerprint density at radius 1 is 0.317 bits per heavy atom. The Kier molecular flexibility index (Phi) is 22.6. The number of methoxy groups -OCH3 is 13. The summed E-state index contributed by atoms with van der Waals surface area (Å²) in [6, 6.07) is 0. The first-order valence-electron chi connectivity index (χ1n) is 19.8. The van der Waals surface area contributed by atoms with Crippen LogP contribution in [0.3, 0.4) is 0 Å². The van der Waals surface area contributed by atoms with Gasteiger partial charge >= 0.3 is 0 Å². The summed E-state index contributed by atoms with van der Waals surface area (Å²) < 4.78 is 113. The third-order valence-electron chi connectivity index (χ3n) is 11.5. The van der Waals surface area contributed by atoms with Gasteiger partial charge in [-0.2, -0.15) is 0 Å². The first-order chi connectivity index (χ1) is 29.2. The second kappa shape index (κ2) is 26.2. The highest BCUT2D eigenvalue weighted by Crippen LogP contribution is 2.34. The molecule has 4 aliphatic rings. The van der Waals surface area contributed by atoms with E-state index in [0.29, 0.717) is 0 Å². The molecule has 22 heteroatoms. The van der Waals surface area contributed by atoms with E-state index >= 15 is 0 Å². The predicted molar refractivity (Wildman–Crippen MR) is 202 cm³/mol. The zero-order valence-corrected chi connectivity index (χ0v) is 37.1. The second-order valence-corrected chi connectivity index (χ2v) is 14.4. The Morgan fingerprint density at radius 2 is 0.617 bits per heavy atom. The van der Waals surface area contributed by atoms with E-state index in [2.05, 4.69) is 0 Å². The van der Waals surface area contributed by atoms with Gasteiger partial charge in [0, 0.05) is 99.0 Å². The van der Waals surface area contributed by atoms with Gasteiger partial charge in [0.1, 0.15) is 98.2 Å². The van der Waals surface area contributed by atoms with Crippen molar-refractivity contribution in [1.29, 1.82) is 0 Å². The summed E-state index contributed by atoms with van der Waals surface area (Å²) in [6.45, 7) is -0.393. The molecule has 0 saturated carbocycles. The fraction of sp³-hybridized carbons (Fsp3) is 1.00. The Hall–Kier alpha value is -0.880. The van der Waals surface area contributed by atoms with Gasteiger partial charge in [0.2, 0.25) is 6.29 Å². The molecule has 0 aromatic rings. The maximum atomic E-state index is 9.73. The maximum absolute atomic E-state index is 9.73. The van der Waals surface area contributed by atoms with Gasteiger partial charge in [-0.05, 0) is 6.42 Å². The van der Waals surface area contributed by atoms with Crippen molar-refractivity contribution in [3.05, 3.63) is 0 Å². The molecule has 0 radical (unpaired) electrons. The van der Waals surface area contributed by atoms with Crippen LogP contribution in [0, 0.1) is 0 Å². The molecule has 0 spiro atoms. The first kappa shape index (κ1) is 51.8. The highest BCUT2D eigenvalue weighted by molar-refractivity contribution is 4.97. The van der Waals surface area contributed by atoms with Crippen LogP contribution in [0.5, 0.6) is 0 Å². The molecule has 20 atom stereocenters. The number of aliphatic hydroxyl groups is 1. The SMILES string of the molecule is COC1[C@H](OC)O[C@H](CO[C@@H]2O[C@H](COO[C@@H]3O[C@H](CO[C@@H]4OC(CCO)[C@@H](OC)[C@@H](OC)C4OC)[C@@H](OC)[C@@H](OC)C3OC)[C@@H](OC)[C@@H](OC)C2OC)[C@@H](OC)[C@H]1OC. The van der Waals surface area contributed by atoms with Crippen LogP contribution >= 0.6 is 0 Å². The minimum Gasteiger partial charge on any atom is -0.396 e. The van der Waals surface area contributed by atoms with Crippen LogP contribution in [0.1, 0.15) is 6.42 Å². The summed E-state index contributed by atoms with van der Waals surface area (Å²) in [5.41, 5.74) is 0. The van der Waals surface area contributed by atoms with E-state index in [-0.39, 0.29) is 32.8 Å². The van der Waals surface area contributed by atoms with E-state index in [0.717, 1.165) is 0 Å². The van der Waals surface area contributed by atoms with Crippen molar-refractivity contribution in [2.45, 2.75) is 129 Å². The predicted octanol–water partition coefficient (Wildman–Crippen LogP) is -0.924. The van der Waals surface area contributed by atoms with Crippen molar-refractivity contribution in [3.63, 3.8) is 0 Å². The summed E-state index contributed by atoms with van der Waals surface area (Å²) >= 11 is 0. The molecule has 4 fully saturated rings. The van der Waals surface area contributed by atoms with Crippen LogP contribution in [0.15, 0.2) is 0 Å². The van der Waals surface area contributed by atoms with Gasteiger partial charge in [0.05, 0.1) is 19.3 Å². The molecule has 0 aromatic heterocycles. The van der Waals surface area contributed by atoms with Crippen molar-refractivity contribution in [3.8, 4) is 0 Å². The molecule has 0 bridgehead atoms. The maximum Gasteiger partial charge on any atom is 0.220 e. The van der Waals surface area contributed by atoms with E-state index in [4.69, 9.17) is 99.8 Å². The van der Waals surface area contributed by atoms with Crippen LogP contribution in [-0.4, -0.2) is 247 Å². The summed E-state index contributed by atoms with van der Waals surface area (Å²) in [7, 11) is 19.9. The second-order valence-electron chi connectivity index (χ2n) is 14.4. The van der Waals surface area contributed by atoms with E-state index < -0.39 is 123 Å². The zero-order valence-electron chi connectivity index (χ0n) is 37.1. The van der Waals surface area contributed by atoms with E-state index in [1.165, 1.54) is 56.9 Å². The first-order valence-corrected chi connectivity index (χ1v) is 19.8. The molecule has 4 aliphatic heterocycles. The van der Waals surface area contributed by atoms with Crippen LogP contribution in [-0.2, 0) is 99.8 Å². The van der Waals surface area contributed by atoms with E-state index in [9.17, 15) is 5.11 Å². The van der Waals surface area contributed by atoms with Crippen LogP contribution in [0.4, 0.5) is 0 Å². The Labute approximate surface area is 352 Å². The van der Waals surface area contributed by atoms with Crippen LogP contribution < -0.4 is 0 Å². The molecule has 0 aromatic carbocycles. The molecule has 5 unspecified atom stereocenters. The van der Waals surface area contributed by atoms with Crippen molar-refractivity contribution in [2.24, 2.45) is 0 Å². The van der Waals surface area contributed by atoms with Crippen molar-refractivity contribution < 1.29 is 105 Å². The lowest BCUT2D eigenvalue weighted by molar-refractivity contribution is -0.441. The van der Waals surface area contributed by atoms with Gasteiger partial charge in [-0.3, -0.25) is 0 Å². The molecule has 22 nitrogen and oxygen atoms in total. The number of rotatable bonds is 25. The highest BCUT2D eigenvalue weighted by atomic mass is 17.2. The summed E-state index contributed by atoms with van der Waals surface area (Å²) in [5, 5.41) is 9.73. The molecule has 4 heterocycles. The van der Waals surface area contributed by atoms with Gasteiger partial charge in [-0.1, -0.05) is 0 Å². The topological polar surface area (TPSA) is 214 Å². The summed E-state index contributed by atoms with van der Waals surface area (Å²) in [4.78, 5) is 11.8.